The molecule has 0 spiro atoms. The van der Waals surface area contributed by atoms with E-state index in [9.17, 15) is 4.39 Å². The molecule has 7 heteroatoms. The second-order valence-electron chi connectivity index (χ2n) is 7.34. The van der Waals surface area contributed by atoms with Crippen molar-refractivity contribution in [2.75, 3.05) is 23.4 Å². The number of nitrogens with zero attached hydrogens (tertiary/aromatic N) is 4. The van der Waals surface area contributed by atoms with Crippen LogP contribution in [0.5, 0.6) is 0 Å². The lowest BCUT2D eigenvalue weighted by atomic mass is 10.2. The van der Waals surface area contributed by atoms with Gasteiger partial charge in [-0.15, -0.1) is 0 Å². The summed E-state index contributed by atoms with van der Waals surface area (Å²) in [6, 6.07) is 15.1. The number of imidazole rings is 2. The van der Waals surface area contributed by atoms with Gasteiger partial charge in [-0.3, -0.25) is 0 Å². The van der Waals surface area contributed by atoms with E-state index in [1.165, 1.54) is 23.4 Å². The first kappa shape index (κ1) is 22.1. The molecule has 4 aromatic rings. The number of halogens is 1. The van der Waals surface area contributed by atoms with Gasteiger partial charge in [0.25, 0.3) is 0 Å². The molecule has 0 saturated carbocycles. The standard InChI is InChI=1S/C13H17N3.C11H12FN3/c1-3-16(9-12-8-14-10-15-12)13-6-4-5-11(2)7-13;1-15(7-10-6-13-8-14-10)11-4-2-3-9(12)5-11/h4-8,10H,3,9H2,1-2H3,(H,14,15);2-6,8H,7H2,1H3,(H,13,14). The number of H-pyrrole nitrogens is 2. The highest BCUT2D eigenvalue weighted by Gasteiger charge is 2.06. The fraction of sp³-hybridized carbons (Fsp3) is 0.250. The second-order valence-corrected chi connectivity index (χ2v) is 7.34. The second kappa shape index (κ2) is 11.0. The number of hydrogen-bond donors (Lipinski definition) is 2. The Balaban J connectivity index is 0.000000176. The van der Waals surface area contributed by atoms with E-state index in [0.717, 1.165) is 30.2 Å². The van der Waals surface area contributed by atoms with E-state index in [4.69, 9.17) is 0 Å². The summed E-state index contributed by atoms with van der Waals surface area (Å²) in [5, 5.41) is 0. The summed E-state index contributed by atoms with van der Waals surface area (Å²) in [6.45, 7) is 6.83. The van der Waals surface area contributed by atoms with Crippen LogP contribution < -0.4 is 9.80 Å². The minimum absolute atomic E-state index is 0.219. The maximum absolute atomic E-state index is 13.0. The van der Waals surface area contributed by atoms with Gasteiger partial charge in [0, 0.05) is 37.4 Å². The highest BCUT2D eigenvalue weighted by molar-refractivity contribution is 5.48. The quantitative estimate of drug-likeness (QED) is 0.445. The fourth-order valence-corrected chi connectivity index (χ4v) is 3.22. The summed E-state index contributed by atoms with van der Waals surface area (Å²) in [4.78, 5) is 18.4. The SMILES string of the molecule is CCN(Cc1cnc[nH]1)c1cccc(C)c1.CN(Cc1cnc[nH]1)c1cccc(F)c1. The Morgan fingerprint density at radius 1 is 0.871 bits per heavy atom. The number of benzene rings is 2. The van der Waals surface area contributed by atoms with E-state index in [0.29, 0.717) is 6.54 Å². The zero-order valence-corrected chi connectivity index (χ0v) is 18.2. The maximum atomic E-state index is 13.0. The van der Waals surface area contributed by atoms with E-state index in [2.05, 4.69) is 62.9 Å². The number of anilines is 2. The molecule has 2 heterocycles. The van der Waals surface area contributed by atoms with Gasteiger partial charge in [0.2, 0.25) is 0 Å². The molecule has 0 aliphatic carbocycles. The number of rotatable bonds is 7. The highest BCUT2D eigenvalue weighted by atomic mass is 19.1. The number of nitrogens with one attached hydrogen (secondary N) is 2. The number of aryl methyl sites for hydroxylation is 1. The summed E-state index contributed by atoms with van der Waals surface area (Å²) >= 11 is 0. The third kappa shape index (κ3) is 6.70. The molecule has 0 bridgehead atoms. The van der Waals surface area contributed by atoms with Crippen LogP contribution in [-0.4, -0.2) is 33.5 Å². The minimum Gasteiger partial charge on any atom is -0.369 e. The van der Waals surface area contributed by atoms with Crippen molar-refractivity contribution in [2.24, 2.45) is 0 Å². The molecule has 0 radical (unpaired) electrons. The Kier molecular flexibility index (Phi) is 7.81. The zero-order chi connectivity index (χ0) is 22.1. The minimum atomic E-state index is -0.219. The van der Waals surface area contributed by atoms with Crippen molar-refractivity contribution < 1.29 is 4.39 Å². The van der Waals surface area contributed by atoms with Crippen LogP contribution in [0.4, 0.5) is 15.8 Å². The zero-order valence-electron chi connectivity index (χ0n) is 18.2. The Morgan fingerprint density at radius 3 is 2.10 bits per heavy atom. The highest BCUT2D eigenvalue weighted by Crippen LogP contribution is 2.17. The Bertz CT molecular complexity index is 1030. The lowest BCUT2D eigenvalue weighted by Gasteiger charge is -2.22. The summed E-state index contributed by atoms with van der Waals surface area (Å²) < 4.78 is 13.0. The van der Waals surface area contributed by atoms with Gasteiger partial charge in [-0.05, 0) is 49.7 Å². The molecule has 4 rings (SSSR count). The Hall–Kier alpha value is -3.61. The molecule has 6 nitrogen and oxygen atoms in total. The molecule has 0 fully saturated rings. The average molecular weight is 421 g/mol. The van der Waals surface area contributed by atoms with Gasteiger partial charge in [-0.25, -0.2) is 14.4 Å². The van der Waals surface area contributed by atoms with Gasteiger partial charge in [-0.2, -0.15) is 0 Å². The van der Waals surface area contributed by atoms with E-state index in [1.807, 2.05) is 24.2 Å². The average Bonchev–Trinajstić information content (AvgIpc) is 3.47. The van der Waals surface area contributed by atoms with Crippen molar-refractivity contribution in [2.45, 2.75) is 26.9 Å². The molecule has 2 N–H and O–H groups in total. The van der Waals surface area contributed by atoms with E-state index >= 15 is 0 Å². The fourth-order valence-electron chi connectivity index (χ4n) is 3.22. The summed E-state index contributed by atoms with van der Waals surface area (Å²) in [5.74, 6) is -0.219. The third-order valence-electron chi connectivity index (χ3n) is 4.88. The van der Waals surface area contributed by atoms with E-state index in [-0.39, 0.29) is 5.82 Å². The Labute approximate surface area is 182 Å². The van der Waals surface area contributed by atoms with Gasteiger partial charge in [-0.1, -0.05) is 18.2 Å². The molecule has 2 aromatic carbocycles. The van der Waals surface area contributed by atoms with Crippen LogP contribution in [0.2, 0.25) is 0 Å². The van der Waals surface area contributed by atoms with Crippen LogP contribution in [0.1, 0.15) is 23.9 Å². The molecule has 162 valence electrons. The first-order chi connectivity index (χ1) is 15.0. The normalized spacial score (nSPS) is 10.3. The Morgan fingerprint density at radius 2 is 1.52 bits per heavy atom. The van der Waals surface area contributed by atoms with E-state index < -0.39 is 0 Å². The van der Waals surface area contributed by atoms with Crippen molar-refractivity contribution in [3.05, 3.63) is 96.3 Å². The van der Waals surface area contributed by atoms with Crippen LogP contribution in [0.15, 0.2) is 73.6 Å². The van der Waals surface area contributed by atoms with Crippen molar-refractivity contribution in [3.63, 3.8) is 0 Å². The number of hydrogen-bond acceptors (Lipinski definition) is 4. The van der Waals surface area contributed by atoms with Gasteiger partial charge in [0.15, 0.2) is 0 Å². The summed E-state index contributed by atoms with van der Waals surface area (Å²) in [6.07, 6.45) is 6.99. The smallest absolute Gasteiger partial charge is 0.125 e. The number of aromatic amines is 2. The maximum Gasteiger partial charge on any atom is 0.125 e. The van der Waals surface area contributed by atoms with Crippen molar-refractivity contribution in [3.8, 4) is 0 Å². The van der Waals surface area contributed by atoms with Crippen molar-refractivity contribution >= 4 is 11.4 Å². The molecule has 0 aliphatic rings. The molecule has 0 saturated heterocycles. The largest absolute Gasteiger partial charge is 0.369 e. The lowest BCUT2D eigenvalue weighted by Crippen LogP contribution is -2.22. The first-order valence-electron chi connectivity index (χ1n) is 10.3. The number of aromatic nitrogens is 4. The van der Waals surface area contributed by atoms with Crippen molar-refractivity contribution in [1.29, 1.82) is 0 Å². The summed E-state index contributed by atoms with van der Waals surface area (Å²) in [5.41, 5.74) is 5.55. The molecule has 0 amide bonds. The van der Waals surface area contributed by atoms with Crippen LogP contribution in [0, 0.1) is 12.7 Å². The predicted octanol–water partition coefficient (Wildman–Crippen LogP) is 4.93. The molecular weight excluding hydrogens is 391 g/mol. The molecule has 31 heavy (non-hydrogen) atoms. The van der Waals surface area contributed by atoms with Gasteiger partial charge in [0.1, 0.15) is 5.82 Å². The van der Waals surface area contributed by atoms with Crippen molar-refractivity contribution in [1.82, 2.24) is 19.9 Å². The van der Waals surface area contributed by atoms with Gasteiger partial charge in [0.05, 0.1) is 37.1 Å². The van der Waals surface area contributed by atoms with Crippen LogP contribution >= 0.6 is 0 Å². The molecule has 0 atom stereocenters. The van der Waals surface area contributed by atoms with Gasteiger partial charge < -0.3 is 19.8 Å². The van der Waals surface area contributed by atoms with Crippen LogP contribution in [0.25, 0.3) is 0 Å². The third-order valence-corrected chi connectivity index (χ3v) is 4.88. The summed E-state index contributed by atoms with van der Waals surface area (Å²) in [7, 11) is 1.91. The predicted molar refractivity (Wildman–Crippen MR) is 124 cm³/mol. The molecule has 2 aromatic heterocycles. The topological polar surface area (TPSA) is 63.8 Å². The monoisotopic (exact) mass is 420 g/mol. The van der Waals surface area contributed by atoms with E-state index in [1.54, 1.807) is 24.9 Å². The molecule has 0 unspecified atom stereocenters. The van der Waals surface area contributed by atoms with Crippen LogP contribution in [-0.2, 0) is 13.1 Å². The van der Waals surface area contributed by atoms with Gasteiger partial charge >= 0.3 is 0 Å². The molecular formula is C24H29FN6. The molecule has 0 aliphatic heterocycles. The van der Waals surface area contributed by atoms with Crippen LogP contribution in [0.3, 0.4) is 0 Å². The lowest BCUT2D eigenvalue weighted by molar-refractivity contribution is 0.627. The first-order valence-corrected chi connectivity index (χ1v) is 10.3.